The smallest absolute Gasteiger partial charge is 0.325 e. The first-order valence-corrected chi connectivity index (χ1v) is 4.94. The maximum absolute atomic E-state index is 11.3. The summed E-state index contributed by atoms with van der Waals surface area (Å²) in [7, 11) is 0. The molecule has 0 heterocycles. The zero-order chi connectivity index (χ0) is 11.7. The van der Waals surface area contributed by atoms with E-state index in [1.165, 1.54) is 0 Å². The van der Waals surface area contributed by atoms with Gasteiger partial charge in [-0.05, 0) is 13.3 Å². The van der Waals surface area contributed by atoms with Crippen molar-refractivity contribution in [3.8, 4) is 0 Å². The summed E-state index contributed by atoms with van der Waals surface area (Å²) in [6.07, 6.45) is 1.38. The molecular formula is C9H18N2O4. The van der Waals surface area contributed by atoms with Crippen molar-refractivity contribution in [1.82, 2.24) is 5.48 Å². The minimum Gasteiger partial charge on any atom is -0.465 e. The molecule has 0 aromatic carbocycles. The quantitative estimate of drug-likeness (QED) is 0.432. The van der Waals surface area contributed by atoms with E-state index >= 15 is 0 Å². The van der Waals surface area contributed by atoms with Crippen LogP contribution < -0.4 is 11.2 Å². The molecule has 6 heteroatoms. The maximum atomic E-state index is 11.3. The Balaban J connectivity index is 3.91. The zero-order valence-corrected chi connectivity index (χ0v) is 9.12. The normalized spacial score (nSPS) is 12.1. The van der Waals surface area contributed by atoms with E-state index < -0.39 is 11.9 Å². The molecule has 0 rings (SSSR count). The van der Waals surface area contributed by atoms with Gasteiger partial charge in [-0.15, -0.1) is 0 Å². The third-order valence-corrected chi connectivity index (χ3v) is 1.59. The van der Waals surface area contributed by atoms with E-state index in [9.17, 15) is 9.59 Å². The number of primary amides is 1. The standard InChI is InChI=1S/C9H18N2O4/c1-3-5-7(9(13)14-4-2)11-15-6-8(10)12/h7,11H,3-6H2,1-2H3,(H2,10,12). The van der Waals surface area contributed by atoms with Crippen LogP contribution in [0.5, 0.6) is 0 Å². The van der Waals surface area contributed by atoms with Gasteiger partial charge < -0.3 is 10.5 Å². The lowest BCUT2D eigenvalue weighted by Gasteiger charge is -2.15. The summed E-state index contributed by atoms with van der Waals surface area (Å²) in [4.78, 5) is 26.5. The number of hydrogen-bond donors (Lipinski definition) is 2. The molecule has 0 spiro atoms. The van der Waals surface area contributed by atoms with Crippen LogP contribution in [0.3, 0.4) is 0 Å². The van der Waals surface area contributed by atoms with Crippen molar-refractivity contribution < 1.29 is 19.2 Å². The molecule has 15 heavy (non-hydrogen) atoms. The number of rotatable bonds is 8. The third kappa shape index (κ3) is 6.87. The Morgan fingerprint density at radius 3 is 2.53 bits per heavy atom. The predicted molar refractivity (Wildman–Crippen MR) is 53.6 cm³/mol. The number of ether oxygens (including phenoxy) is 1. The Hall–Kier alpha value is -1.14. The molecule has 0 radical (unpaired) electrons. The number of carbonyl (C=O) groups is 2. The van der Waals surface area contributed by atoms with E-state index in [1.807, 2.05) is 6.92 Å². The summed E-state index contributed by atoms with van der Waals surface area (Å²) in [5.41, 5.74) is 7.33. The number of esters is 1. The highest BCUT2D eigenvalue weighted by Gasteiger charge is 2.18. The van der Waals surface area contributed by atoms with Gasteiger partial charge in [0.25, 0.3) is 0 Å². The van der Waals surface area contributed by atoms with Crippen molar-refractivity contribution in [1.29, 1.82) is 0 Å². The summed E-state index contributed by atoms with van der Waals surface area (Å²) in [5, 5.41) is 0. The molecule has 0 bridgehead atoms. The average molecular weight is 218 g/mol. The topological polar surface area (TPSA) is 90.6 Å². The Bertz CT molecular complexity index is 208. The molecular weight excluding hydrogens is 200 g/mol. The van der Waals surface area contributed by atoms with Crippen LogP contribution in [0.1, 0.15) is 26.7 Å². The van der Waals surface area contributed by atoms with Crippen molar-refractivity contribution in [2.75, 3.05) is 13.2 Å². The van der Waals surface area contributed by atoms with E-state index in [2.05, 4.69) is 5.48 Å². The lowest BCUT2D eigenvalue weighted by Crippen LogP contribution is -2.39. The van der Waals surface area contributed by atoms with Gasteiger partial charge in [0, 0.05) is 0 Å². The average Bonchev–Trinajstić information content (AvgIpc) is 2.16. The Morgan fingerprint density at radius 2 is 2.07 bits per heavy atom. The van der Waals surface area contributed by atoms with Crippen LogP contribution in [0.2, 0.25) is 0 Å². The highest BCUT2D eigenvalue weighted by molar-refractivity contribution is 5.76. The van der Waals surface area contributed by atoms with Crippen molar-refractivity contribution in [3.05, 3.63) is 0 Å². The molecule has 0 fully saturated rings. The SMILES string of the molecule is CCCC(NOCC(N)=O)C(=O)OCC. The van der Waals surface area contributed by atoms with Crippen molar-refractivity contribution >= 4 is 11.9 Å². The largest absolute Gasteiger partial charge is 0.465 e. The predicted octanol–water partition coefficient (Wildman–Crippen LogP) is -0.275. The highest BCUT2D eigenvalue weighted by atomic mass is 16.7. The molecule has 88 valence electrons. The summed E-state index contributed by atoms with van der Waals surface area (Å²) in [6.45, 7) is 3.71. The molecule has 0 aliphatic rings. The summed E-state index contributed by atoms with van der Waals surface area (Å²) >= 11 is 0. The number of nitrogens with two attached hydrogens (primary N) is 1. The molecule has 0 aromatic rings. The first kappa shape index (κ1) is 13.9. The Labute approximate surface area is 89.1 Å². The van der Waals surface area contributed by atoms with Crippen LogP contribution >= 0.6 is 0 Å². The van der Waals surface area contributed by atoms with Crippen LogP contribution in [0.4, 0.5) is 0 Å². The van der Waals surface area contributed by atoms with Gasteiger partial charge in [-0.2, -0.15) is 5.48 Å². The summed E-state index contributed by atoms with van der Waals surface area (Å²) in [5.74, 6) is -0.981. The minimum absolute atomic E-state index is 0.264. The fourth-order valence-corrected chi connectivity index (χ4v) is 0.970. The second-order valence-electron chi connectivity index (χ2n) is 2.97. The molecule has 0 aromatic heterocycles. The summed E-state index contributed by atoms with van der Waals surface area (Å²) < 4.78 is 4.82. The molecule has 0 aliphatic heterocycles. The number of hydrogen-bond acceptors (Lipinski definition) is 5. The zero-order valence-electron chi connectivity index (χ0n) is 9.12. The maximum Gasteiger partial charge on any atom is 0.325 e. The number of carbonyl (C=O) groups excluding carboxylic acids is 2. The van der Waals surface area contributed by atoms with Gasteiger partial charge in [-0.25, -0.2) is 0 Å². The second kappa shape index (κ2) is 8.19. The fraction of sp³-hybridized carbons (Fsp3) is 0.778. The molecule has 0 saturated carbocycles. The lowest BCUT2D eigenvalue weighted by molar-refractivity contribution is -0.152. The second-order valence-corrected chi connectivity index (χ2v) is 2.97. The molecule has 6 nitrogen and oxygen atoms in total. The number of hydroxylamine groups is 1. The van der Waals surface area contributed by atoms with E-state index in [0.717, 1.165) is 6.42 Å². The molecule has 0 saturated heterocycles. The molecule has 0 aliphatic carbocycles. The van der Waals surface area contributed by atoms with Crippen LogP contribution in [0.15, 0.2) is 0 Å². The van der Waals surface area contributed by atoms with Crippen LogP contribution in [0, 0.1) is 0 Å². The van der Waals surface area contributed by atoms with Gasteiger partial charge in [0.1, 0.15) is 12.6 Å². The highest BCUT2D eigenvalue weighted by Crippen LogP contribution is 1.99. The van der Waals surface area contributed by atoms with Crippen molar-refractivity contribution in [3.63, 3.8) is 0 Å². The molecule has 1 amide bonds. The van der Waals surface area contributed by atoms with Gasteiger partial charge in [-0.3, -0.25) is 14.4 Å². The molecule has 1 atom stereocenters. The first-order chi connectivity index (χ1) is 7.11. The van der Waals surface area contributed by atoms with Gasteiger partial charge in [0.2, 0.25) is 5.91 Å². The van der Waals surface area contributed by atoms with E-state index in [4.69, 9.17) is 15.3 Å². The van der Waals surface area contributed by atoms with E-state index in [-0.39, 0.29) is 12.6 Å². The van der Waals surface area contributed by atoms with Crippen molar-refractivity contribution in [2.45, 2.75) is 32.7 Å². The lowest BCUT2D eigenvalue weighted by atomic mass is 10.2. The van der Waals surface area contributed by atoms with Crippen LogP contribution in [-0.4, -0.2) is 31.1 Å². The van der Waals surface area contributed by atoms with Crippen LogP contribution in [0.25, 0.3) is 0 Å². The van der Waals surface area contributed by atoms with Gasteiger partial charge in [-0.1, -0.05) is 13.3 Å². The van der Waals surface area contributed by atoms with Crippen LogP contribution in [-0.2, 0) is 19.2 Å². The Kier molecular flexibility index (Phi) is 7.57. The Morgan fingerprint density at radius 1 is 1.40 bits per heavy atom. The van der Waals surface area contributed by atoms with Gasteiger partial charge in [0.15, 0.2) is 0 Å². The minimum atomic E-state index is -0.596. The third-order valence-electron chi connectivity index (χ3n) is 1.59. The number of amides is 1. The van der Waals surface area contributed by atoms with Gasteiger partial charge in [0.05, 0.1) is 6.61 Å². The summed E-state index contributed by atoms with van der Waals surface area (Å²) in [6, 6.07) is -0.547. The first-order valence-electron chi connectivity index (χ1n) is 4.94. The van der Waals surface area contributed by atoms with E-state index in [1.54, 1.807) is 6.92 Å². The monoisotopic (exact) mass is 218 g/mol. The number of nitrogens with one attached hydrogen (secondary N) is 1. The molecule has 3 N–H and O–H groups in total. The fourth-order valence-electron chi connectivity index (χ4n) is 0.970. The van der Waals surface area contributed by atoms with Gasteiger partial charge >= 0.3 is 5.97 Å². The van der Waals surface area contributed by atoms with E-state index in [0.29, 0.717) is 13.0 Å². The van der Waals surface area contributed by atoms with Crippen molar-refractivity contribution in [2.24, 2.45) is 5.73 Å². The molecule has 1 unspecified atom stereocenters.